The van der Waals surface area contributed by atoms with Crippen LogP contribution in [0.25, 0.3) is 0 Å². The summed E-state index contributed by atoms with van der Waals surface area (Å²) in [6, 6.07) is 16.8. The average Bonchev–Trinajstić information content (AvgIpc) is 2.72. The van der Waals surface area contributed by atoms with Crippen molar-refractivity contribution in [3.8, 4) is 0 Å². The fraction of sp³-hybridized carbons (Fsp3) is 0.364. The molecule has 30 heavy (non-hydrogen) atoms. The molecule has 160 valence electrons. The van der Waals surface area contributed by atoms with Gasteiger partial charge in [-0.1, -0.05) is 49.4 Å². The van der Waals surface area contributed by atoms with Crippen molar-refractivity contribution in [2.45, 2.75) is 32.4 Å². The maximum atomic E-state index is 13.3. The number of aryl methyl sites for hydroxylation is 1. The highest BCUT2D eigenvalue weighted by atomic mass is 32.2. The maximum absolute atomic E-state index is 13.3. The van der Waals surface area contributed by atoms with Gasteiger partial charge in [-0.25, -0.2) is 8.42 Å². The van der Waals surface area contributed by atoms with Gasteiger partial charge in [0.25, 0.3) is 0 Å². The molecule has 1 saturated heterocycles. The Labute approximate surface area is 177 Å². The lowest BCUT2D eigenvalue weighted by atomic mass is 9.94. The zero-order valence-corrected chi connectivity index (χ0v) is 18.3. The summed E-state index contributed by atoms with van der Waals surface area (Å²) in [5, 5.41) is 2.87. The molecule has 1 fully saturated rings. The molecule has 1 N–H and O–H groups in total. The number of sulfonamides is 1. The maximum Gasteiger partial charge on any atom is 0.247 e. The van der Waals surface area contributed by atoms with Gasteiger partial charge in [0, 0.05) is 18.8 Å². The monoisotopic (exact) mass is 429 g/mol. The van der Waals surface area contributed by atoms with E-state index in [4.69, 9.17) is 0 Å². The third kappa shape index (κ3) is 4.55. The van der Waals surface area contributed by atoms with E-state index in [1.165, 1.54) is 4.90 Å². The third-order valence-electron chi connectivity index (χ3n) is 5.40. The second-order valence-electron chi connectivity index (χ2n) is 7.72. The van der Waals surface area contributed by atoms with Crippen molar-refractivity contribution in [3.63, 3.8) is 0 Å². The normalized spacial score (nSPS) is 20.2. The number of piperazine rings is 1. The number of anilines is 1. The molecule has 1 aliphatic rings. The number of carbonyl (C=O) groups excluding carboxylic acids is 2. The molecule has 2 amide bonds. The standard InChI is InChI=1S/C22H27N3O4S/c1-4-17-10-12-19(13-11-17)25-20(26)15-24(30(3,28)29)16-22(25,2)21(27)23-14-18-8-6-5-7-9-18/h5-13H,4,14-16H2,1-3H3,(H,23,27). The predicted octanol–water partition coefficient (Wildman–Crippen LogP) is 1.93. The molecular formula is C22H27N3O4S. The number of hydrogen-bond donors (Lipinski definition) is 1. The lowest BCUT2D eigenvalue weighted by Gasteiger charge is -2.46. The van der Waals surface area contributed by atoms with Crippen LogP contribution in [-0.2, 0) is 32.6 Å². The Balaban J connectivity index is 1.95. The summed E-state index contributed by atoms with van der Waals surface area (Å²) in [6.07, 6.45) is 1.90. The topological polar surface area (TPSA) is 86.8 Å². The summed E-state index contributed by atoms with van der Waals surface area (Å²) in [5.74, 6) is -0.846. The van der Waals surface area contributed by atoms with E-state index in [1.807, 2.05) is 49.4 Å². The third-order valence-corrected chi connectivity index (χ3v) is 6.59. The molecular weight excluding hydrogens is 402 g/mol. The Morgan fingerprint density at radius 1 is 1.07 bits per heavy atom. The van der Waals surface area contributed by atoms with Crippen molar-refractivity contribution < 1.29 is 18.0 Å². The van der Waals surface area contributed by atoms with Gasteiger partial charge < -0.3 is 5.32 Å². The molecule has 1 aliphatic heterocycles. The molecule has 0 saturated carbocycles. The average molecular weight is 430 g/mol. The van der Waals surface area contributed by atoms with Gasteiger partial charge in [-0.3, -0.25) is 14.5 Å². The van der Waals surface area contributed by atoms with E-state index in [0.717, 1.165) is 28.1 Å². The van der Waals surface area contributed by atoms with Crippen molar-refractivity contribution in [2.75, 3.05) is 24.2 Å². The van der Waals surface area contributed by atoms with E-state index in [2.05, 4.69) is 5.32 Å². The Hall–Kier alpha value is -2.71. The number of hydrogen-bond acceptors (Lipinski definition) is 4. The molecule has 2 aromatic rings. The van der Waals surface area contributed by atoms with E-state index < -0.39 is 27.4 Å². The molecule has 1 atom stereocenters. The van der Waals surface area contributed by atoms with Crippen molar-refractivity contribution in [1.82, 2.24) is 9.62 Å². The largest absolute Gasteiger partial charge is 0.350 e. The van der Waals surface area contributed by atoms with Gasteiger partial charge >= 0.3 is 0 Å². The minimum absolute atomic E-state index is 0.117. The molecule has 0 bridgehead atoms. The number of nitrogens with one attached hydrogen (secondary N) is 1. The van der Waals surface area contributed by atoms with Crippen molar-refractivity contribution in [3.05, 3.63) is 65.7 Å². The molecule has 2 aromatic carbocycles. The lowest BCUT2D eigenvalue weighted by molar-refractivity contribution is -0.133. The van der Waals surface area contributed by atoms with E-state index in [0.29, 0.717) is 5.69 Å². The molecule has 1 unspecified atom stereocenters. The van der Waals surface area contributed by atoms with Crippen LogP contribution < -0.4 is 10.2 Å². The van der Waals surface area contributed by atoms with E-state index in [9.17, 15) is 18.0 Å². The first-order chi connectivity index (χ1) is 14.1. The van der Waals surface area contributed by atoms with Gasteiger partial charge in [0.1, 0.15) is 5.54 Å². The van der Waals surface area contributed by atoms with Crippen LogP contribution in [0.1, 0.15) is 25.0 Å². The number of rotatable bonds is 6. The minimum atomic E-state index is -3.64. The van der Waals surface area contributed by atoms with Crippen LogP contribution >= 0.6 is 0 Å². The van der Waals surface area contributed by atoms with Gasteiger partial charge in [-0.2, -0.15) is 4.31 Å². The lowest BCUT2D eigenvalue weighted by Crippen LogP contribution is -2.70. The Morgan fingerprint density at radius 3 is 2.27 bits per heavy atom. The van der Waals surface area contributed by atoms with Gasteiger partial charge in [-0.15, -0.1) is 0 Å². The fourth-order valence-electron chi connectivity index (χ4n) is 3.65. The summed E-state index contributed by atoms with van der Waals surface area (Å²) < 4.78 is 25.4. The molecule has 3 rings (SSSR count). The quantitative estimate of drug-likeness (QED) is 0.760. The van der Waals surface area contributed by atoms with Crippen LogP contribution in [0, 0.1) is 0 Å². The second-order valence-corrected chi connectivity index (χ2v) is 9.70. The van der Waals surface area contributed by atoms with Crippen LogP contribution in [0.2, 0.25) is 0 Å². The van der Waals surface area contributed by atoms with Crippen LogP contribution in [0.15, 0.2) is 54.6 Å². The summed E-state index contributed by atoms with van der Waals surface area (Å²) in [4.78, 5) is 27.8. The van der Waals surface area contributed by atoms with Crippen LogP contribution in [0.4, 0.5) is 5.69 Å². The first kappa shape index (κ1) is 22.0. The number of benzene rings is 2. The van der Waals surface area contributed by atoms with Gasteiger partial charge in [0.05, 0.1) is 12.8 Å². The SMILES string of the molecule is CCc1ccc(N2C(=O)CN(S(C)(=O)=O)CC2(C)C(=O)NCc2ccccc2)cc1. The van der Waals surface area contributed by atoms with Crippen molar-refractivity contribution in [2.24, 2.45) is 0 Å². The van der Waals surface area contributed by atoms with Gasteiger partial charge in [0.2, 0.25) is 21.8 Å². The summed E-state index contributed by atoms with van der Waals surface area (Å²) in [7, 11) is -3.64. The van der Waals surface area contributed by atoms with Crippen molar-refractivity contribution in [1.29, 1.82) is 0 Å². The highest BCUT2D eigenvalue weighted by Gasteiger charge is 2.50. The molecule has 7 nitrogen and oxygen atoms in total. The highest BCUT2D eigenvalue weighted by molar-refractivity contribution is 7.88. The number of amides is 2. The second kappa shape index (κ2) is 8.57. The summed E-state index contributed by atoms with van der Waals surface area (Å²) in [6.45, 7) is 3.51. The molecule has 8 heteroatoms. The van der Waals surface area contributed by atoms with Crippen LogP contribution in [0.5, 0.6) is 0 Å². The summed E-state index contributed by atoms with van der Waals surface area (Å²) in [5.41, 5.74) is 1.20. The van der Waals surface area contributed by atoms with Crippen LogP contribution in [0.3, 0.4) is 0 Å². The fourth-order valence-corrected chi connectivity index (χ4v) is 4.48. The molecule has 0 spiro atoms. The minimum Gasteiger partial charge on any atom is -0.350 e. The Kier molecular flexibility index (Phi) is 6.28. The van der Waals surface area contributed by atoms with E-state index in [-0.39, 0.29) is 19.6 Å². The highest BCUT2D eigenvalue weighted by Crippen LogP contribution is 2.31. The smallest absolute Gasteiger partial charge is 0.247 e. The Morgan fingerprint density at radius 2 is 1.70 bits per heavy atom. The van der Waals surface area contributed by atoms with Crippen molar-refractivity contribution >= 4 is 27.5 Å². The zero-order chi connectivity index (χ0) is 21.9. The predicted molar refractivity (Wildman–Crippen MR) is 116 cm³/mol. The summed E-state index contributed by atoms with van der Waals surface area (Å²) >= 11 is 0. The van der Waals surface area contributed by atoms with E-state index in [1.54, 1.807) is 19.1 Å². The molecule has 0 aromatic heterocycles. The first-order valence-electron chi connectivity index (χ1n) is 9.84. The Bertz CT molecular complexity index is 1020. The van der Waals surface area contributed by atoms with Gasteiger partial charge in [0.15, 0.2) is 0 Å². The molecule has 0 radical (unpaired) electrons. The number of carbonyl (C=O) groups is 2. The molecule has 1 heterocycles. The molecule has 0 aliphatic carbocycles. The first-order valence-corrected chi connectivity index (χ1v) is 11.7. The van der Waals surface area contributed by atoms with Gasteiger partial charge in [-0.05, 0) is 36.6 Å². The number of nitrogens with zero attached hydrogens (tertiary/aromatic N) is 2. The zero-order valence-electron chi connectivity index (χ0n) is 17.5. The van der Waals surface area contributed by atoms with Crippen LogP contribution in [-0.4, -0.2) is 49.4 Å². The van der Waals surface area contributed by atoms with E-state index >= 15 is 0 Å².